The number of rotatable bonds is 3. The maximum absolute atomic E-state index is 12.7. The summed E-state index contributed by atoms with van der Waals surface area (Å²) < 4.78 is 25.4. The van der Waals surface area contributed by atoms with E-state index in [0.717, 1.165) is 5.39 Å². The third-order valence-electron chi connectivity index (χ3n) is 3.39. The minimum Gasteiger partial charge on any atom is -0.298 e. The summed E-state index contributed by atoms with van der Waals surface area (Å²) >= 11 is 0. The van der Waals surface area contributed by atoms with Gasteiger partial charge in [0.2, 0.25) is 9.84 Å². The molecule has 0 radical (unpaired) electrons. The van der Waals surface area contributed by atoms with Crippen LogP contribution < -0.4 is 0 Å². The van der Waals surface area contributed by atoms with Crippen LogP contribution in [0, 0.1) is 0 Å². The number of carbonyl (C=O) groups is 1. The van der Waals surface area contributed by atoms with Gasteiger partial charge in [-0.1, -0.05) is 48.5 Å². The second-order valence-electron chi connectivity index (χ2n) is 4.63. The van der Waals surface area contributed by atoms with Gasteiger partial charge in [0.15, 0.2) is 6.29 Å². The molecular formula is C17H12O3S. The quantitative estimate of drug-likeness (QED) is 0.695. The number of carbonyl (C=O) groups excluding carboxylic acids is 1. The van der Waals surface area contributed by atoms with E-state index in [1.807, 2.05) is 12.1 Å². The van der Waals surface area contributed by atoms with Gasteiger partial charge in [0.1, 0.15) is 0 Å². The Balaban J connectivity index is 2.33. The highest BCUT2D eigenvalue weighted by molar-refractivity contribution is 7.91. The maximum atomic E-state index is 12.7. The molecule has 0 aliphatic rings. The number of hydrogen-bond acceptors (Lipinski definition) is 3. The zero-order valence-electron chi connectivity index (χ0n) is 11.1. The van der Waals surface area contributed by atoms with Crippen LogP contribution in [0.25, 0.3) is 10.8 Å². The SMILES string of the molecule is O=Cc1c(S(=O)(=O)c2ccccc2)ccc2ccccc12. The van der Waals surface area contributed by atoms with Gasteiger partial charge in [0.25, 0.3) is 0 Å². The van der Waals surface area contributed by atoms with Crippen LogP contribution in [0.15, 0.2) is 76.5 Å². The van der Waals surface area contributed by atoms with Crippen molar-refractivity contribution in [1.29, 1.82) is 0 Å². The van der Waals surface area contributed by atoms with Gasteiger partial charge in [-0.15, -0.1) is 0 Å². The Morgan fingerprint density at radius 1 is 0.762 bits per heavy atom. The Kier molecular flexibility index (Phi) is 3.31. The number of sulfone groups is 1. The number of hydrogen-bond donors (Lipinski definition) is 0. The standard InChI is InChI=1S/C17H12O3S/c18-12-16-15-9-5-4-6-13(15)10-11-17(16)21(19,20)14-7-2-1-3-8-14/h1-12H. The van der Waals surface area contributed by atoms with E-state index in [1.165, 1.54) is 18.2 Å². The van der Waals surface area contributed by atoms with Gasteiger partial charge in [0, 0.05) is 5.56 Å². The normalized spacial score (nSPS) is 11.4. The molecule has 3 rings (SSSR count). The number of aldehydes is 1. The fraction of sp³-hybridized carbons (Fsp3) is 0. The van der Waals surface area contributed by atoms with Gasteiger partial charge >= 0.3 is 0 Å². The zero-order valence-corrected chi connectivity index (χ0v) is 11.9. The Morgan fingerprint density at radius 3 is 2.14 bits per heavy atom. The molecule has 3 aromatic rings. The predicted octanol–water partition coefficient (Wildman–Crippen LogP) is 3.49. The van der Waals surface area contributed by atoms with E-state index in [9.17, 15) is 13.2 Å². The van der Waals surface area contributed by atoms with Crippen LogP contribution >= 0.6 is 0 Å². The molecule has 0 fully saturated rings. The first-order valence-corrected chi connectivity index (χ1v) is 7.90. The lowest BCUT2D eigenvalue weighted by Gasteiger charge is -2.09. The van der Waals surface area contributed by atoms with E-state index in [4.69, 9.17) is 0 Å². The molecule has 0 saturated carbocycles. The van der Waals surface area contributed by atoms with Crippen molar-refractivity contribution < 1.29 is 13.2 Å². The molecular weight excluding hydrogens is 284 g/mol. The molecule has 0 aliphatic heterocycles. The summed E-state index contributed by atoms with van der Waals surface area (Å²) in [5.41, 5.74) is 0.206. The molecule has 0 atom stereocenters. The van der Waals surface area contributed by atoms with Crippen LogP contribution in [0.5, 0.6) is 0 Å². The van der Waals surface area contributed by atoms with Crippen LogP contribution in [0.3, 0.4) is 0 Å². The first kappa shape index (κ1) is 13.5. The fourth-order valence-electron chi connectivity index (χ4n) is 2.36. The summed E-state index contributed by atoms with van der Waals surface area (Å²) in [5, 5.41) is 1.48. The lowest BCUT2D eigenvalue weighted by Crippen LogP contribution is -2.05. The Labute approximate surface area is 122 Å². The fourth-order valence-corrected chi connectivity index (χ4v) is 3.82. The summed E-state index contributed by atoms with van der Waals surface area (Å²) in [6, 6.07) is 18.6. The third kappa shape index (κ3) is 2.23. The molecule has 0 spiro atoms. The second-order valence-corrected chi connectivity index (χ2v) is 6.55. The van der Waals surface area contributed by atoms with Crippen molar-refractivity contribution >= 4 is 26.9 Å². The van der Waals surface area contributed by atoms with Crippen LogP contribution in [0.4, 0.5) is 0 Å². The number of benzene rings is 3. The monoisotopic (exact) mass is 296 g/mol. The minimum atomic E-state index is -3.70. The van der Waals surface area contributed by atoms with Crippen LogP contribution in [0.2, 0.25) is 0 Å². The van der Waals surface area contributed by atoms with Crippen molar-refractivity contribution in [1.82, 2.24) is 0 Å². The van der Waals surface area contributed by atoms with Gasteiger partial charge in [-0.2, -0.15) is 0 Å². The molecule has 0 unspecified atom stereocenters. The Bertz CT molecular complexity index is 913. The van der Waals surface area contributed by atoms with Crippen LogP contribution in [0.1, 0.15) is 10.4 Å². The highest BCUT2D eigenvalue weighted by atomic mass is 32.2. The second kappa shape index (κ2) is 5.14. The van der Waals surface area contributed by atoms with Crippen molar-refractivity contribution in [3.05, 3.63) is 72.3 Å². The predicted molar refractivity (Wildman–Crippen MR) is 81.2 cm³/mol. The maximum Gasteiger partial charge on any atom is 0.207 e. The van der Waals surface area contributed by atoms with Crippen molar-refractivity contribution in [2.75, 3.05) is 0 Å². The zero-order chi connectivity index (χ0) is 14.9. The first-order chi connectivity index (χ1) is 10.1. The lowest BCUT2D eigenvalue weighted by atomic mass is 10.1. The summed E-state index contributed by atoms with van der Waals surface area (Å²) in [5.74, 6) is 0. The van der Waals surface area contributed by atoms with Crippen LogP contribution in [-0.4, -0.2) is 14.7 Å². The van der Waals surface area contributed by atoms with Crippen LogP contribution in [-0.2, 0) is 9.84 Å². The topological polar surface area (TPSA) is 51.2 Å². The lowest BCUT2D eigenvalue weighted by molar-refractivity contribution is 0.112. The third-order valence-corrected chi connectivity index (χ3v) is 5.22. The Morgan fingerprint density at radius 2 is 1.43 bits per heavy atom. The minimum absolute atomic E-state index is 0.0439. The molecule has 4 heteroatoms. The summed E-state index contributed by atoms with van der Waals surface area (Å²) in [6.07, 6.45) is 0.609. The molecule has 0 N–H and O–H groups in total. The molecule has 0 heterocycles. The molecule has 3 nitrogen and oxygen atoms in total. The van der Waals surface area contributed by atoms with Crippen molar-refractivity contribution in [2.24, 2.45) is 0 Å². The van der Waals surface area contributed by atoms with Gasteiger partial charge < -0.3 is 0 Å². The van der Waals surface area contributed by atoms with Gasteiger partial charge in [-0.05, 0) is 29.0 Å². The van der Waals surface area contributed by atoms with Gasteiger partial charge in [-0.25, -0.2) is 8.42 Å². The van der Waals surface area contributed by atoms with Gasteiger partial charge in [-0.3, -0.25) is 4.79 Å². The highest BCUT2D eigenvalue weighted by Crippen LogP contribution is 2.28. The van der Waals surface area contributed by atoms with E-state index in [0.29, 0.717) is 11.7 Å². The molecule has 104 valence electrons. The smallest absolute Gasteiger partial charge is 0.207 e. The summed E-state index contributed by atoms with van der Waals surface area (Å²) in [7, 11) is -3.70. The molecule has 0 saturated heterocycles. The first-order valence-electron chi connectivity index (χ1n) is 6.41. The molecule has 0 bridgehead atoms. The summed E-state index contributed by atoms with van der Waals surface area (Å²) in [4.78, 5) is 11.7. The molecule has 21 heavy (non-hydrogen) atoms. The van der Waals surface area contributed by atoms with E-state index in [2.05, 4.69) is 0 Å². The number of fused-ring (bicyclic) bond motifs is 1. The molecule has 0 aromatic heterocycles. The van der Waals surface area contributed by atoms with E-state index in [1.54, 1.807) is 36.4 Å². The average molecular weight is 296 g/mol. The van der Waals surface area contributed by atoms with Crippen molar-refractivity contribution in [3.8, 4) is 0 Å². The Hall–Kier alpha value is -2.46. The average Bonchev–Trinajstić information content (AvgIpc) is 2.54. The highest BCUT2D eigenvalue weighted by Gasteiger charge is 2.22. The van der Waals surface area contributed by atoms with Gasteiger partial charge in [0.05, 0.1) is 9.79 Å². The summed E-state index contributed by atoms with van der Waals surface area (Å²) in [6.45, 7) is 0. The van der Waals surface area contributed by atoms with E-state index in [-0.39, 0.29) is 15.4 Å². The molecule has 0 aliphatic carbocycles. The van der Waals surface area contributed by atoms with E-state index < -0.39 is 9.84 Å². The molecule has 3 aromatic carbocycles. The van der Waals surface area contributed by atoms with E-state index >= 15 is 0 Å². The largest absolute Gasteiger partial charge is 0.298 e. The van der Waals surface area contributed by atoms with Crippen molar-refractivity contribution in [3.63, 3.8) is 0 Å². The molecule has 0 amide bonds. The van der Waals surface area contributed by atoms with Crippen molar-refractivity contribution in [2.45, 2.75) is 9.79 Å².